The Kier molecular flexibility index (Phi) is 3.80. The molecule has 0 aliphatic carbocycles. The van der Waals surface area contributed by atoms with Crippen molar-refractivity contribution in [3.63, 3.8) is 0 Å². The zero-order valence-electron chi connectivity index (χ0n) is 6.69. The monoisotopic (exact) mass is 213 g/mol. The summed E-state index contributed by atoms with van der Waals surface area (Å²) in [5.41, 5.74) is 0. The molecule has 1 aromatic rings. The number of hydrogen-bond acceptors (Lipinski definition) is 4. The van der Waals surface area contributed by atoms with Gasteiger partial charge in [-0.05, 0) is 6.07 Å². The van der Waals surface area contributed by atoms with Gasteiger partial charge in [0.2, 0.25) is 0 Å². The zero-order chi connectivity index (χ0) is 9.68. The minimum absolute atomic E-state index is 0.134. The van der Waals surface area contributed by atoms with Crippen LogP contribution in [0.25, 0.3) is 0 Å². The van der Waals surface area contributed by atoms with Gasteiger partial charge in [-0.15, -0.1) is 0 Å². The summed E-state index contributed by atoms with van der Waals surface area (Å²) in [6.45, 7) is 0. The van der Waals surface area contributed by atoms with Crippen LogP contribution in [0.4, 0.5) is 5.00 Å². The van der Waals surface area contributed by atoms with Gasteiger partial charge in [0, 0.05) is 18.2 Å². The number of nitrogens with zero attached hydrogens (tertiary/aromatic N) is 1. The van der Waals surface area contributed by atoms with Crippen molar-refractivity contribution in [1.29, 1.82) is 0 Å². The van der Waals surface area contributed by atoms with Crippen molar-refractivity contribution in [2.24, 2.45) is 0 Å². The number of thiophene rings is 1. The molecule has 1 heterocycles. The molecule has 1 aromatic heterocycles. The van der Waals surface area contributed by atoms with Crippen molar-refractivity contribution in [1.82, 2.24) is 0 Å². The fraction of sp³-hybridized carbons (Fsp3) is 0.250. The van der Waals surface area contributed by atoms with Crippen LogP contribution < -0.4 is 0 Å². The summed E-state index contributed by atoms with van der Waals surface area (Å²) in [5, 5.41) is 10.4. The van der Waals surface area contributed by atoms with E-state index in [1.54, 1.807) is 6.07 Å². The summed E-state index contributed by atoms with van der Waals surface area (Å²) < 4.78 is 0. The summed E-state index contributed by atoms with van der Waals surface area (Å²) in [6.07, 6.45) is 0.703. The van der Waals surface area contributed by atoms with Crippen LogP contribution in [-0.2, 0) is 0 Å². The first kappa shape index (κ1) is 10.1. The lowest BCUT2D eigenvalue weighted by Gasteiger charge is -1.79. The molecule has 0 N–H and O–H groups in total. The number of thiol groups is 1. The highest BCUT2D eigenvalue weighted by atomic mass is 32.1. The summed E-state index contributed by atoms with van der Waals surface area (Å²) in [7, 11) is 0. The number of rotatable bonds is 2. The van der Waals surface area contributed by atoms with E-state index in [0.29, 0.717) is 12.2 Å². The zero-order valence-corrected chi connectivity index (χ0v) is 8.40. The van der Waals surface area contributed by atoms with E-state index in [9.17, 15) is 10.1 Å². The van der Waals surface area contributed by atoms with Gasteiger partial charge < -0.3 is 0 Å². The van der Waals surface area contributed by atoms with Gasteiger partial charge in [0.15, 0.2) is 0 Å². The lowest BCUT2D eigenvalue weighted by Crippen LogP contribution is -1.80. The smallest absolute Gasteiger partial charge is 0.258 e. The van der Waals surface area contributed by atoms with E-state index in [2.05, 4.69) is 24.5 Å². The minimum atomic E-state index is -0.408. The number of hydrogen-bond donors (Lipinski definition) is 1. The standard InChI is InChI=1S/C8H7NO2S2/c10-9(11)8-5-4-7(13-8)3-1-2-6-12/h4-5,12H,2,6H2. The van der Waals surface area contributed by atoms with E-state index in [1.807, 2.05) is 0 Å². The largest absolute Gasteiger partial charge is 0.325 e. The first-order chi connectivity index (χ1) is 6.24. The Morgan fingerprint density at radius 3 is 2.92 bits per heavy atom. The van der Waals surface area contributed by atoms with Crippen LogP contribution in [0.2, 0.25) is 0 Å². The van der Waals surface area contributed by atoms with Crippen LogP contribution in [-0.4, -0.2) is 10.7 Å². The fourth-order valence-electron chi connectivity index (χ4n) is 0.698. The molecule has 0 radical (unpaired) electrons. The van der Waals surface area contributed by atoms with Crippen LogP contribution in [0.15, 0.2) is 12.1 Å². The molecular weight excluding hydrogens is 206 g/mol. The molecular formula is C8H7NO2S2. The highest BCUT2D eigenvalue weighted by Crippen LogP contribution is 2.22. The molecule has 0 aliphatic rings. The van der Waals surface area contributed by atoms with Gasteiger partial charge in [-0.1, -0.05) is 23.2 Å². The van der Waals surface area contributed by atoms with Gasteiger partial charge >= 0.3 is 5.00 Å². The Labute approximate surface area is 85.3 Å². The SMILES string of the molecule is O=[N+]([O-])c1ccc(C#CCCS)s1. The molecule has 0 amide bonds. The second-order valence-electron chi connectivity index (χ2n) is 2.17. The molecule has 0 aromatic carbocycles. The maximum absolute atomic E-state index is 10.3. The molecule has 0 saturated carbocycles. The second-order valence-corrected chi connectivity index (χ2v) is 3.68. The van der Waals surface area contributed by atoms with Crippen LogP contribution in [0, 0.1) is 22.0 Å². The van der Waals surface area contributed by atoms with Crippen LogP contribution in [0.1, 0.15) is 11.3 Å². The summed E-state index contributed by atoms with van der Waals surface area (Å²) >= 11 is 5.09. The molecule has 1 rings (SSSR count). The van der Waals surface area contributed by atoms with Gasteiger partial charge in [-0.25, -0.2) is 0 Å². The highest BCUT2D eigenvalue weighted by Gasteiger charge is 2.07. The molecule has 5 heteroatoms. The molecule has 0 unspecified atom stereocenters. The van der Waals surface area contributed by atoms with Crippen molar-refractivity contribution >= 4 is 29.0 Å². The average Bonchev–Trinajstić information content (AvgIpc) is 2.53. The Hall–Kier alpha value is -0.990. The van der Waals surface area contributed by atoms with Crippen molar-refractivity contribution in [3.8, 4) is 11.8 Å². The van der Waals surface area contributed by atoms with Crippen LogP contribution >= 0.6 is 24.0 Å². The second kappa shape index (κ2) is 4.90. The third-order valence-electron chi connectivity index (χ3n) is 1.22. The highest BCUT2D eigenvalue weighted by molar-refractivity contribution is 7.80. The van der Waals surface area contributed by atoms with Gasteiger partial charge in [-0.3, -0.25) is 10.1 Å². The normalized spacial score (nSPS) is 9.00. The molecule has 3 nitrogen and oxygen atoms in total. The van der Waals surface area contributed by atoms with Gasteiger partial charge in [0.1, 0.15) is 0 Å². The Morgan fingerprint density at radius 1 is 1.62 bits per heavy atom. The van der Waals surface area contributed by atoms with Gasteiger partial charge in [0.25, 0.3) is 0 Å². The van der Waals surface area contributed by atoms with Gasteiger partial charge in [0.05, 0.1) is 9.80 Å². The quantitative estimate of drug-likeness (QED) is 0.354. The van der Waals surface area contributed by atoms with Crippen molar-refractivity contribution in [2.75, 3.05) is 5.75 Å². The Balaban J connectivity index is 2.71. The van der Waals surface area contributed by atoms with E-state index in [0.717, 1.165) is 16.2 Å². The number of nitro groups is 1. The first-order valence-electron chi connectivity index (χ1n) is 3.58. The predicted molar refractivity (Wildman–Crippen MR) is 56.3 cm³/mol. The minimum Gasteiger partial charge on any atom is -0.258 e. The lowest BCUT2D eigenvalue weighted by atomic mass is 10.4. The topological polar surface area (TPSA) is 43.1 Å². The van der Waals surface area contributed by atoms with E-state index >= 15 is 0 Å². The summed E-state index contributed by atoms with van der Waals surface area (Å²) in [4.78, 5) is 10.6. The molecule has 0 fully saturated rings. The molecule has 13 heavy (non-hydrogen) atoms. The first-order valence-corrected chi connectivity index (χ1v) is 5.03. The van der Waals surface area contributed by atoms with Crippen molar-refractivity contribution < 1.29 is 4.92 Å². The molecule has 0 aliphatic heterocycles. The summed E-state index contributed by atoms with van der Waals surface area (Å²) in [5.74, 6) is 6.41. The third kappa shape index (κ3) is 3.09. The third-order valence-corrected chi connectivity index (χ3v) is 2.40. The predicted octanol–water partition coefficient (Wildman–Crippen LogP) is 2.33. The molecule has 0 atom stereocenters. The van der Waals surface area contributed by atoms with Crippen molar-refractivity contribution in [2.45, 2.75) is 6.42 Å². The van der Waals surface area contributed by atoms with Crippen molar-refractivity contribution in [3.05, 3.63) is 27.1 Å². The lowest BCUT2D eigenvalue weighted by molar-refractivity contribution is -0.380. The van der Waals surface area contributed by atoms with E-state index in [4.69, 9.17) is 0 Å². The van der Waals surface area contributed by atoms with Crippen LogP contribution in [0.3, 0.4) is 0 Å². The van der Waals surface area contributed by atoms with E-state index in [-0.39, 0.29) is 5.00 Å². The van der Waals surface area contributed by atoms with E-state index < -0.39 is 4.92 Å². The maximum Gasteiger partial charge on any atom is 0.325 e. The Bertz CT molecular complexity index is 362. The van der Waals surface area contributed by atoms with E-state index in [1.165, 1.54) is 6.07 Å². The fourth-order valence-corrected chi connectivity index (χ4v) is 1.51. The van der Waals surface area contributed by atoms with Crippen LogP contribution in [0.5, 0.6) is 0 Å². The molecule has 68 valence electrons. The average molecular weight is 213 g/mol. The molecule has 0 bridgehead atoms. The summed E-state index contributed by atoms with van der Waals surface area (Å²) in [6, 6.07) is 3.13. The Morgan fingerprint density at radius 2 is 2.38 bits per heavy atom. The molecule has 0 spiro atoms. The maximum atomic E-state index is 10.3. The molecule has 0 saturated heterocycles. The van der Waals surface area contributed by atoms with Gasteiger partial charge in [-0.2, -0.15) is 12.6 Å².